The van der Waals surface area contributed by atoms with Crippen molar-refractivity contribution in [3.63, 3.8) is 0 Å². The summed E-state index contributed by atoms with van der Waals surface area (Å²) in [5.74, 6) is -1.18. The first-order valence-electron chi connectivity index (χ1n) is 5.35. The number of ether oxygens (including phenoxy) is 1. The van der Waals surface area contributed by atoms with Crippen LogP contribution in [-0.4, -0.2) is 24.3 Å². The highest BCUT2D eigenvalue weighted by Gasteiger charge is 2.27. The molecular formula is C13H15NO3. The third kappa shape index (κ3) is 3.89. The maximum atomic E-state index is 11.5. The fourth-order valence-electron chi connectivity index (χ4n) is 1.63. The van der Waals surface area contributed by atoms with Gasteiger partial charge in [0, 0.05) is 0 Å². The summed E-state index contributed by atoms with van der Waals surface area (Å²) in [6, 6.07) is 11.2. The van der Waals surface area contributed by atoms with Gasteiger partial charge in [0.1, 0.15) is 0 Å². The van der Waals surface area contributed by atoms with Crippen LogP contribution in [0, 0.1) is 17.2 Å². The zero-order valence-corrected chi connectivity index (χ0v) is 9.67. The van der Waals surface area contributed by atoms with Gasteiger partial charge in [-0.1, -0.05) is 30.3 Å². The van der Waals surface area contributed by atoms with E-state index in [2.05, 4.69) is 4.74 Å². The molecule has 1 N–H and O–H groups in total. The molecule has 0 radical (unpaired) electrons. The van der Waals surface area contributed by atoms with Crippen LogP contribution in [-0.2, 0) is 16.0 Å². The van der Waals surface area contributed by atoms with Crippen LogP contribution in [0.2, 0.25) is 0 Å². The summed E-state index contributed by atoms with van der Waals surface area (Å²) in [5.41, 5.74) is 0.930. The summed E-state index contributed by atoms with van der Waals surface area (Å²) in [6.07, 6.45) is -0.698. The van der Waals surface area contributed by atoms with Crippen molar-refractivity contribution in [3.8, 4) is 6.07 Å². The van der Waals surface area contributed by atoms with E-state index in [0.29, 0.717) is 6.42 Å². The van der Waals surface area contributed by atoms with E-state index >= 15 is 0 Å². The third-order valence-electron chi connectivity index (χ3n) is 2.57. The molecule has 4 nitrogen and oxygen atoms in total. The van der Waals surface area contributed by atoms with Gasteiger partial charge in [-0.15, -0.1) is 0 Å². The molecule has 0 heterocycles. The van der Waals surface area contributed by atoms with Gasteiger partial charge >= 0.3 is 5.97 Å². The molecule has 17 heavy (non-hydrogen) atoms. The molecule has 0 aliphatic carbocycles. The van der Waals surface area contributed by atoms with E-state index in [0.717, 1.165) is 5.56 Å². The highest BCUT2D eigenvalue weighted by molar-refractivity contribution is 5.73. The third-order valence-corrected chi connectivity index (χ3v) is 2.57. The van der Waals surface area contributed by atoms with Crippen LogP contribution in [0.4, 0.5) is 0 Å². The van der Waals surface area contributed by atoms with Crippen molar-refractivity contribution in [1.29, 1.82) is 5.26 Å². The Balaban J connectivity index is 2.78. The molecule has 0 aromatic heterocycles. The number of hydrogen-bond acceptors (Lipinski definition) is 4. The second-order valence-corrected chi connectivity index (χ2v) is 3.75. The smallest absolute Gasteiger partial charge is 0.311 e. The normalized spacial score (nSPS) is 13.5. The summed E-state index contributed by atoms with van der Waals surface area (Å²) in [4.78, 5) is 11.5. The molecule has 0 fully saturated rings. The molecule has 0 saturated carbocycles. The van der Waals surface area contributed by atoms with Crippen LogP contribution < -0.4 is 0 Å². The van der Waals surface area contributed by atoms with E-state index in [1.54, 1.807) is 0 Å². The minimum absolute atomic E-state index is 0.0768. The number of nitrogens with zero attached hydrogens (tertiary/aromatic N) is 1. The minimum atomic E-state index is -0.993. The molecule has 0 aliphatic heterocycles. The van der Waals surface area contributed by atoms with Crippen LogP contribution in [0.3, 0.4) is 0 Å². The van der Waals surface area contributed by atoms with Gasteiger partial charge in [-0.25, -0.2) is 0 Å². The Labute approximate surface area is 100 Å². The summed E-state index contributed by atoms with van der Waals surface area (Å²) in [7, 11) is 1.28. The summed E-state index contributed by atoms with van der Waals surface area (Å²) >= 11 is 0. The largest absolute Gasteiger partial charge is 0.469 e. The molecule has 0 spiro atoms. The lowest BCUT2D eigenvalue weighted by Gasteiger charge is -2.18. The fraction of sp³-hybridized carbons (Fsp3) is 0.385. The van der Waals surface area contributed by atoms with Gasteiger partial charge in [0.15, 0.2) is 0 Å². The lowest BCUT2D eigenvalue weighted by Crippen LogP contribution is -2.31. The lowest BCUT2D eigenvalue weighted by atomic mass is 9.92. The van der Waals surface area contributed by atoms with E-state index in [1.165, 1.54) is 7.11 Å². The molecule has 0 aliphatic rings. The molecule has 90 valence electrons. The molecule has 1 aromatic carbocycles. The number of methoxy groups -OCH3 is 1. The van der Waals surface area contributed by atoms with Gasteiger partial charge in [-0.3, -0.25) is 4.79 Å². The number of aliphatic hydroxyl groups excluding tert-OH is 1. The standard InChI is InChI=1S/C13H15NO3/c1-17-13(16)11(12(15)7-8-14)9-10-5-3-2-4-6-10/h2-6,11-12,15H,7,9H2,1H3/t11-,12-/m1/s1. The number of rotatable bonds is 5. The van der Waals surface area contributed by atoms with Crippen LogP contribution in [0.1, 0.15) is 12.0 Å². The van der Waals surface area contributed by atoms with Gasteiger partial charge in [0.25, 0.3) is 0 Å². The Hall–Kier alpha value is -1.86. The Morgan fingerprint density at radius 3 is 2.65 bits per heavy atom. The van der Waals surface area contributed by atoms with Gasteiger partial charge in [0.05, 0.1) is 31.6 Å². The number of benzene rings is 1. The number of carbonyl (C=O) groups is 1. The first-order valence-corrected chi connectivity index (χ1v) is 5.35. The van der Waals surface area contributed by atoms with Gasteiger partial charge < -0.3 is 9.84 Å². The van der Waals surface area contributed by atoms with Gasteiger partial charge in [0.2, 0.25) is 0 Å². The van der Waals surface area contributed by atoms with Crippen LogP contribution >= 0.6 is 0 Å². The highest BCUT2D eigenvalue weighted by Crippen LogP contribution is 2.16. The lowest BCUT2D eigenvalue weighted by molar-refractivity contribution is -0.149. The van der Waals surface area contributed by atoms with Crippen molar-refractivity contribution in [2.45, 2.75) is 18.9 Å². The summed E-state index contributed by atoms with van der Waals surface area (Å²) in [5, 5.41) is 18.3. The van der Waals surface area contributed by atoms with E-state index in [4.69, 9.17) is 5.26 Å². The summed E-state index contributed by atoms with van der Waals surface area (Å²) in [6.45, 7) is 0. The first-order chi connectivity index (χ1) is 8.19. The zero-order valence-electron chi connectivity index (χ0n) is 9.67. The van der Waals surface area contributed by atoms with Crippen LogP contribution in [0.5, 0.6) is 0 Å². The maximum absolute atomic E-state index is 11.5. The number of hydrogen-bond donors (Lipinski definition) is 1. The van der Waals surface area contributed by atoms with Gasteiger partial charge in [-0.05, 0) is 12.0 Å². The maximum Gasteiger partial charge on any atom is 0.311 e. The van der Waals surface area contributed by atoms with Crippen LogP contribution in [0.25, 0.3) is 0 Å². The van der Waals surface area contributed by atoms with E-state index in [-0.39, 0.29) is 6.42 Å². The van der Waals surface area contributed by atoms with Crippen molar-refractivity contribution in [2.24, 2.45) is 5.92 Å². The SMILES string of the molecule is COC(=O)[C@H](Cc1ccccc1)[C@H](O)CC#N. The molecule has 2 atom stereocenters. The zero-order chi connectivity index (χ0) is 12.7. The van der Waals surface area contributed by atoms with Crippen LogP contribution in [0.15, 0.2) is 30.3 Å². The second-order valence-electron chi connectivity index (χ2n) is 3.75. The average molecular weight is 233 g/mol. The summed E-state index contributed by atoms with van der Waals surface area (Å²) < 4.78 is 4.64. The average Bonchev–Trinajstić information content (AvgIpc) is 2.36. The fourth-order valence-corrected chi connectivity index (χ4v) is 1.63. The number of esters is 1. The molecule has 0 saturated heterocycles. The molecule has 0 unspecified atom stereocenters. The van der Waals surface area contributed by atoms with E-state index in [9.17, 15) is 9.90 Å². The van der Waals surface area contributed by atoms with E-state index < -0.39 is 18.0 Å². The Morgan fingerprint density at radius 1 is 1.47 bits per heavy atom. The predicted molar refractivity (Wildman–Crippen MR) is 61.9 cm³/mol. The number of carbonyl (C=O) groups excluding carboxylic acids is 1. The van der Waals surface area contributed by atoms with Crippen molar-refractivity contribution < 1.29 is 14.6 Å². The van der Waals surface area contributed by atoms with Crippen molar-refractivity contribution in [3.05, 3.63) is 35.9 Å². The molecule has 0 amide bonds. The van der Waals surface area contributed by atoms with E-state index in [1.807, 2.05) is 36.4 Å². The van der Waals surface area contributed by atoms with Gasteiger partial charge in [-0.2, -0.15) is 5.26 Å². The monoisotopic (exact) mass is 233 g/mol. The molecule has 1 rings (SSSR count). The predicted octanol–water partition coefficient (Wildman–Crippen LogP) is 1.29. The second kappa shape index (κ2) is 6.66. The molecular weight excluding hydrogens is 218 g/mol. The molecule has 4 heteroatoms. The topological polar surface area (TPSA) is 70.3 Å². The van der Waals surface area contributed by atoms with Crippen molar-refractivity contribution >= 4 is 5.97 Å². The highest BCUT2D eigenvalue weighted by atomic mass is 16.5. The quantitative estimate of drug-likeness (QED) is 0.778. The Kier molecular flexibility index (Phi) is 5.18. The first kappa shape index (κ1) is 13.2. The Morgan fingerprint density at radius 2 is 2.12 bits per heavy atom. The van der Waals surface area contributed by atoms with Crippen molar-refractivity contribution in [1.82, 2.24) is 0 Å². The minimum Gasteiger partial charge on any atom is -0.469 e. The number of nitriles is 1. The number of aliphatic hydroxyl groups is 1. The molecule has 1 aromatic rings. The molecule has 0 bridgehead atoms. The van der Waals surface area contributed by atoms with Crippen molar-refractivity contribution in [2.75, 3.05) is 7.11 Å². The Bertz CT molecular complexity index is 397.